The van der Waals surface area contributed by atoms with E-state index in [0.29, 0.717) is 13.2 Å². The van der Waals surface area contributed by atoms with E-state index >= 15 is 0 Å². The van der Waals surface area contributed by atoms with Gasteiger partial charge in [0.1, 0.15) is 17.4 Å². The number of fused-ring (bicyclic) bond motifs is 2. The van der Waals surface area contributed by atoms with Crippen LogP contribution in [-0.4, -0.2) is 53.4 Å². The largest absolute Gasteiger partial charge is 0.459 e. The van der Waals surface area contributed by atoms with Crippen molar-refractivity contribution in [2.45, 2.75) is 47.8 Å². The summed E-state index contributed by atoms with van der Waals surface area (Å²) in [6, 6.07) is 6.59. The number of benzene rings is 1. The Kier molecular flexibility index (Phi) is 4.93. The summed E-state index contributed by atoms with van der Waals surface area (Å²) in [5.41, 5.74) is 2.18. The first-order valence-corrected chi connectivity index (χ1v) is 10.8. The van der Waals surface area contributed by atoms with E-state index in [1.165, 1.54) is 5.56 Å². The van der Waals surface area contributed by atoms with E-state index in [9.17, 15) is 4.79 Å². The Balaban J connectivity index is 1.32. The van der Waals surface area contributed by atoms with Gasteiger partial charge in [0.15, 0.2) is 5.82 Å². The summed E-state index contributed by atoms with van der Waals surface area (Å²) in [7, 11) is 1.70. The van der Waals surface area contributed by atoms with Crippen LogP contribution in [0.25, 0.3) is 0 Å². The normalized spacial score (nSPS) is 20.4. The number of piperidine rings is 1. The zero-order chi connectivity index (χ0) is 19.8. The van der Waals surface area contributed by atoms with Gasteiger partial charge in [-0.3, -0.25) is 14.6 Å². The van der Waals surface area contributed by atoms with Crippen LogP contribution >= 0.6 is 11.8 Å². The number of likely N-dealkylation sites (tertiary alicyclic amines) is 1. The molecule has 152 valence electrons. The van der Waals surface area contributed by atoms with Crippen molar-refractivity contribution < 1.29 is 14.3 Å². The predicted octanol–water partition coefficient (Wildman–Crippen LogP) is 3.35. The molecule has 0 aliphatic carbocycles. The molecular weight excluding hydrogens is 388 g/mol. The molecule has 2 fully saturated rings. The summed E-state index contributed by atoms with van der Waals surface area (Å²) in [4.78, 5) is 26.2. The Hall–Kier alpha value is -2.16. The molecule has 1 aromatic heterocycles. The van der Waals surface area contributed by atoms with Gasteiger partial charge >= 0.3 is 5.97 Å². The van der Waals surface area contributed by atoms with Gasteiger partial charge in [-0.1, -0.05) is 17.8 Å². The molecule has 0 bridgehead atoms. The molecule has 3 aliphatic heterocycles. The van der Waals surface area contributed by atoms with Crippen molar-refractivity contribution in [2.75, 3.05) is 31.8 Å². The Morgan fingerprint density at radius 2 is 2.03 bits per heavy atom. The zero-order valence-corrected chi connectivity index (χ0v) is 17.3. The number of anilines is 2. The lowest BCUT2D eigenvalue weighted by atomic mass is 9.88. The van der Waals surface area contributed by atoms with Crippen LogP contribution in [-0.2, 0) is 20.8 Å². The molecule has 2 saturated heterocycles. The number of hydrogen-bond donors (Lipinski definition) is 0. The summed E-state index contributed by atoms with van der Waals surface area (Å²) in [5, 5.41) is 0.900. The van der Waals surface area contributed by atoms with Crippen molar-refractivity contribution in [3.8, 4) is 0 Å². The van der Waals surface area contributed by atoms with Crippen LogP contribution in [0.3, 0.4) is 0 Å². The molecule has 0 N–H and O–H groups in total. The standard InChI is InChI=1S/C21H24N4O3S/c1-27-14-25-16-12-15(2-3-17(16)29-20-19(25)22-8-9-23-20)13-24-10-6-21(7-11-24)5-4-18(26)28-21/h2-3,8-9,12H,4-7,10-11,13-14H2,1H3. The van der Waals surface area contributed by atoms with E-state index in [2.05, 4.69) is 38.0 Å². The molecule has 1 aromatic carbocycles. The second kappa shape index (κ2) is 7.59. The van der Waals surface area contributed by atoms with E-state index in [1.807, 2.05) is 0 Å². The van der Waals surface area contributed by atoms with E-state index < -0.39 is 0 Å². The van der Waals surface area contributed by atoms with Gasteiger partial charge in [0.05, 0.1) is 5.69 Å². The van der Waals surface area contributed by atoms with Crippen molar-refractivity contribution in [3.63, 3.8) is 0 Å². The van der Waals surface area contributed by atoms with Crippen LogP contribution in [0.5, 0.6) is 0 Å². The van der Waals surface area contributed by atoms with Gasteiger partial charge in [-0.15, -0.1) is 0 Å². The van der Waals surface area contributed by atoms with E-state index in [-0.39, 0.29) is 11.6 Å². The Labute approximate surface area is 174 Å². The highest BCUT2D eigenvalue weighted by molar-refractivity contribution is 7.99. The van der Waals surface area contributed by atoms with Gasteiger partial charge < -0.3 is 9.47 Å². The molecule has 0 atom stereocenters. The fraction of sp³-hybridized carbons (Fsp3) is 0.476. The van der Waals surface area contributed by atoms with Gasteiger partial charge in [-0.2, -0.15) is 0 Å². The number of hydrogen-bond acceptors (Lipinski definition) is 8. The van der Waals surface area contributed by atoms with Gasteiger partial charge in [-0.25, -0.2) is 9.97 Å². The first kappa shape index (κ1) is 18.8. The first-order valence-electron chi connectivity index (χ1n) is 9.98. The molecule has 0 radical (unpaired) electrons. The van der Waals surface area contributed by atoms with Crippen LogP contribution in [0, 0.1) is 0 Å². The zero-order valence-electron chi connectivity index (χ0n) is 16.5. The molecule has 0 amide bonds. The van der Waals surface area contributed by atoms with E-state index in [0.717, 1.165) is 60.3 Å². The van der Waals surface area contributed by atoms with Gasteiger partial charge in [-0.05, 0) is 24.1 Å². The minimum atomic E-state index is -0.197. The van der Waals surface area contributed by atoms with Crippen LogP contribution in [0.15, 0.2) is 40.5 Å². The van der Waals surface area contributed by atoms with Crippen molar-refractivity contribution in [2.24, 2.45) is 0 Å². The van der Waals surface area contributed by atoms with Crippen molar-refractivity contribution in [1.82, 2.24) is 14.9 Å². The van der Waals surface area contributed by atoms with Crippen LogP contribution < -0.4 is 4.90 Å². The number of ether oxygens (including phenoxy) is 2. The lowest BCUT2D eigenvalue weighted by Gasteiger charge is -2.38. The average molecular weight is 413 g/mol. The number of carbonyl (C=O) groups is 1. The number of carbonyl (C=O) groups excluding carboxylic acids is 1. The minimum absolute atomic E-state index is 0.0350. The van der Waals surface area contributed by atoms with Crippen LogP contribution in [0.4, 0.5) is 11.5 Å². The highest BCUT2D eigenvalue weighted by atomic mass is 32.2. The third kappa shape index (κ3) is 3.60. The molecule has 29 heavy (non-hydrogen) atoms. The number of nitrogens with zero attached hydrogens (tertiary/aromatic N) is 4. The molecule has 2 aromatic rings. The SMILES string of the molecule is COCN1c2cc(CN3CCC4(CCC(=O)O4)CC3)ccc2Sc2nccnc21. The predicted molar refractivity (Wildman–Crippen MR) is 109 cm³/mol. The molecule has 1 spiro atoms. The van der Waals surface area contributed by atoms with Crippen molar-refractivity contribution >= 4 is 29.2 Å². The van der Waals surface area contributed by atoms with Gasteiger partial charge in [0.2, 0.25) is 0 Å². The fourth-order valence-electron chi connectivity index (χ4n) is 4.41. The number of rotatable bonds is 4. The van der Waals surface area contributed by atoms with Gasteiger partial charge in [0, 0.05) is 63.3 Å². The maximum absolute atomic E-state index is 11.5. The average Bonchev–Trinajstić information content (AvgIpc) is 3.10. The lowest BCUT2D eigenvalue weighted by Crippen LogP contribution is -2.43. The topological polar surface area (TPSA) is 67.8 Å². The lowest BCUT2D eigenvalue weighted by molar-refractivity contribution is -0.152. The number of esters is 1. The third-order valence-corrected chi connectivity index (χ3v) is 7.02. The number of aromatic nitrogens is 2. The maximum atomic E-state index is 11.5. The monoisotopic (exact) mass is 412 g/mol. The Morgan fingerprint density at radius 1 is 1.21 bits per heavy atom. The quantitative estimate of drug-likeness (QED) is 0.709. The maximum Gasteiger partial charge on any atom is 0.306 e. The summed E-state index contributed by atoms with van der Waals surface area (Å²) >= 11 is 1.65. The van der Waals surface area contributed by atoms with Gasteiger partial charge in [0.25, 0.3) is 0 Å². The Bertz CT molecular complexity index is 930. The highest BCUT2D eigenvalue weighted by Gasteiger charge is 2.42. The summed E-state index contributed by atoms with van der Waals surface area (Å²) in [6.45, 7) is 3.22. The molecule has 3 aliphatic rings. The van der Waals surface area contributed by atoms with Crippen LogP contribution in [0.1, 0.15) is 31.2 Å². The molecule has 8 heteroatoms. The number of methoxy groups -OCH3 is 1. The highest BCUT2D eigenvalue weighted by Crippen LogP contribution is 2.46. The second-order valence-electron chi connectivity index (χ2n) is 7.87. The fourth-order valence-corrected chi connectivity index (χ4v) is 5.40. The Morgan fingerprint density at radius 3 is 2.79 bits per heavy atom. The molecule has 4 heterocycles. The third-order valence-electron chi connectivity index (χ3n) is 5.97. The minimum Gasteiger partial charge on any atom is -0.459 e. The van der Waals surface area contributed by atoms with Crippen molar-refractivity contribution in [1.29, 1.82) is 0 Å². The summed E-state index contributed by atoms with van der Waals surface area (Å²) < 4.78 is 11.1. The van der Waals surface area contributed by atoms with E-state index in [1.54, 1.807) is 31.3 Å². The molecular formula is C21H24N4O3S. The first-order chi connectivity index (χ1) is 14.2. The summed E-state index contributed by atoms with van der Waals surface area (Å²) in [6.07, 6.45) is 6.75. The van der Waals surface area contributed by atoms with Crippen molar-refractivity contribution in [3.05, 3.63) is 36.2 Å². The summed E-state index contributed by atoms with van der Waals surface area (Å²) in [5.74, 6) is 0.805. The smallest absolute Gasteiger partial charge is 0.306 e. The molecule has 5 rings (SSSR count). The molecule has 0 saturated carbocycles. The molecule has 0 unspecified atom stereocenters. The van der Waals surface area contributed by atoms with Crippen LogP contribution in [0.2, 0.25) is 0 Å². The molecule has 7 nitrogen and oxygen atoms in total. The second-order valence-corrected chi connectivity index (χ2v) is 8.90. The van der Waals surface area contributed by atoms with E-state index in [4.69, 9.17) is 9.47 Å².